The van der Waals surface area contributed by atoms with Crippen molar-refractivity contribution in [3.05, 3.63) is 29.3 Å². The van der Waals surface area contributed by atoms with Gasteiger partial charge in [-0.15, -0.1) is 0 Å². The van der Waals surface area contributed by atoms with E-state index in [2.05, 4.69) is 11.4 Å². The summed E-state index contributed by atoms with van der Waals surface area (Å²) in [6.45, 7) is 8.41. The van der Waals surface area contributed by atoms with Crippen molar-refractivity contribution in [3.8, 4) is 5.75 Å². The Kier molecular flexibility index (Phi) is 3.27. The molecule has 2 rings (SSSR count). The summed E-state index contributed by atoms with van der Waals surface area (Å²) < 4.78 is 5.44. The first-order valence-corrected chi connectivity index (χ1v) is 6.36. The van der Waals surface area contributed by atoms with Gasteiger partial charge in [0, 0.05) is 5.56 Å². The van der Waals surface area contributed by atoms with Gasteiger partial charge in [0.2, 0.25) is 0 Å². The molecule has 1 heterocycles. The van der Waals surface area contributed by atoms with Crippen LogP contribution in [-0.4, -0.2) is 23.2 Å². The minimum atomic E-state index is -0.948. The van der Waals surface area contributed by atoms with Gasteiger partial charge >= 0.3 is 5.97 Å². The van der Waals surface area contributed by atoms with Crippen molar-refractivity contribution in [2.75, 3.05) is 11.9 Å². The van der Waals surface area contributed by atoms with E-state index in [1.165, 1.54) is 0 Å². The molecule has 0 aromatic heterocycles. The van der Waals surface area contributed by atoms with E-state index in [4.69, 9.17) is 4.74 Å². The van der Waals surface area contributed by atoms with Crippen LogP contribution in [0.2, 0.25) is 0 Å². The van der Waals surface area contributed by atoms with Crippen LogP contribution in [0.25, 0.3) is 5.57 Å². The summed E-state index contributed by atoms with van der Waals surface area (Å²) in [5.74, 6) is -0.358. The number of hydrogen-bond donors (Lipinski definition) is 2. The van der Waals surface area contributed by atoms with Crippen LogP contribution in [0.1, 0.15) is 43.6 Å². The van der Waals surface area contributed by atoms with Gasteiger partial charge in [-0.1, -0.05) is 6.08 Å². The molecular formula is C15H19NO3. The highest BCUT2D eigenvalue weighted by Gasteiger charge is 2.27. The van der Waals surface area contributed by atoms with Gasteiger partial charge in [-0.25, -0.2) is 4.79 Å². The van der Waals surface area contributed by atoms with E-state index >= 15 is 0 Å². The Morgan fingerprint density at radius 1 is 1.42 bits per heavy atom. The fraction of sp³-hybridized carbons (Fsp3) is 0.400. The van der Waals surface area contributed by atoms with Gasteiger partial charge in [0.1, 0.15) is 5.75 Å². The number of ether oxygens (including phenoxy) is 1. The summed E-state index contributed by atoms with van der Waals surface area (Å²) in [6.07, 6.45) is 2.09. The van der Waals surface area contributed by atoms with E-state index in [1.54, 1.807) is 6.07 Å². The SMILES string of the molecule is CCOc1cc(C(=O)O)c2c(c1)C(C)=CC(C)(C)N2. The third kappa shape index (κ3) is 2.57. The van der Waals surface area contributed by atoms with Crippen LogP contribution < -0.4 is 10.1 Å². The van der Waals surface area contributed by atoms with Crippen LogP contribution in [0.4, 0.5) is 5.69 Å². The Bertz CT molecular complexity index is 559. The average Bonchev–Trinajstić information content (AvgIpc) is 2.28. The standard InChI is InChI=1S/C15H19NO3/c1-5-19-10-6-11-9(2)8-15(3,4)16-13(11)12(7-10)14(17)18/h6-8,16H,5H2,1-4H3,(H,17,18). The molecule has 1 aromatic rings. The van der Waals surface area contributed by atoms with Gasteiger partial charge < -0.3 is 15.2 Å². The van der Waals surface area contributed by atoms with Gasteiger partial charge in [-0.05, 0) is 45.4 Å². The molecule has 102 valence electrons. The molecule has 1 aliphatic heterocycles. The van der Waals surface area contributed by atoms with Gasteiger partial charge in [-0.2, -0.15) is 0 Å². The highest BCUT2D eigenvalue weighted by Crippen LogP contribution is 2.38. The van der Waals surface area contributed by atoms with E-state index in [-0.39, 0.29) is 11.1 Å². The number of carbonyl (C=O) groups is 1. The molecular weight excluding hydrogens is 242 g/mol. The Morgan fingerprint density at radius 3 is 2.68 bits per heavy atom. The zero-order valence-electron chi connectivity index (χ0n) is 11.7. The largest absolute Gasteiger partial charge is 0.494 e. The molecule has 0 atom stereocenters. The first kappa shape index (κ1) is 13.5. The summed E-state index contributed by atoms with van der Waals surface area (Å²) in [6, 6.07) is 3.46. The molecule has 0 saturated heterocycles. The lowest BCUT2D eigenvalue weighted by Gasteiger charge is -2.32. The topological polar surface area (TPSA) is 58.6 Å². The van der Waals surface area contributed by atoms with Crippen molar-refractivity contribution in [2.24, 2.45) is 0 Å². The maximum Gasteiger partial charge on any atom is 0.337 e. The molecule has 0 unspecified atom stereocenters. The fourth-order valence-electron chi connectivity index (χ4n) is 2.46. The summed E-state index contributed by atoms with van der Waals surface area (Å²) in [5.41, 5.74) is 2.61. The highest BCUT2D eigenvalue weighted by atomic mass is 16.5. The molecule has 0 radical (unpaired) electrons. The first-order chi connectivity index (χ1) is 8.84. The molecule has 0 aliphatic carbocycles. The molecule has 2 N–H and O–H groups in total. The third-order valence-electron chi connectivity index (χ3n) is 3.10. The lowest BCUT2D eigenvalue weighted by molar-refractivity contribution is 0.0697. The highest BCUT2D eigenvalue weighted by molar-refractivity contribution is 5.99. The molecule has 0 bridgehead atoms. The van der Waals surface area contributed by atoms with Crippen molar-refractivity contribution < 1.29 is 14.6 Å². The molecule has 4 heteroatoms. The first-order valence-electron chi connectivity index (χ1n) is 6.36. The third-order valence-corrected chi connectivity index (χ3v) is 3.10. The second-order valence-electron chi connectivity index (χ2n) is 5.31. The van der Waals surface area contributed by atoms with Crippen molar-refractivity contribution in [1.29, 1.82) is 0 Å². The van der Waals surface area contributed by atoms with Crippen LogP contribution in [0.15, 0.2) is 18.2 Å². The van der Waals surface area contributed by atoms with E-state index in [9.17, 15) is 9.90 Å². The smallest absolute Gasteiger partial charge is 0.337 e. The lowest BCUT2D eigenvalue weighted by atomic mass is 9.89. The van der Waals surface area contributed by atoms with E-state index in [0.29, 0.717) is 18.0 Å². The van der Waals surface area contributed by atoms with E-state index in [0.717, 1.165) is 11.1 Å². The molecule has 19 heavy (non-hydrogen) atoms. The second kappa shape index (κ2) is 4.61. The van der Waals surface area contributed by atoms with Gasteiger partial charge in [0.15, 0.2) is 0 Å². The minimum Gasteiger partial charge on any atom is -0.494 e. The average molecular weight is 261 g/mol. The Labute approximate surface area is 113 Å². The summed E-state index contributed by atoms with van der Waals surface area (Å²) in [7, 11) is 0. The number of carboxylic acid groups (broad SMARTS) is 1. The Balaban J connectivity index is 2.64. The number of allylic oxidation sites excluding steroid dienone is 1. The lowest BCUT2D eigenvalue weighted by Crippen LogP contribution is -2.32. The summed E-state index contributed by atoms with van der Waals surface area (Å²) >= 11 is 0. The number of carboxylic acids is 1. The summed E-state index contributed by atoms with van der Waals surface area (Å²) in [4.78, 5) is 11.4. The van der Waals surface area contributed by atoms with E-state index < -0.39 is 5.97 Å². The number of nitrogens with one attached hydrogen (secondary N) is 1. The molecule has 4 nitrogen and oxygen atoms in total. The van der Waals surface area contributed by atoms with Gasteiger partial charge in [0.25, 0.3) is 0 Å². The molecule has 0 spiro atoms. The minimum absolute atomic E-state index is 0.251. The maximum atomic E-state index is 11.4. The van der Waals surface area contributed by atoms with Crippen molar-refractivity contribution >= 4 is 17.2 Å². The number of hydrogen-bond acceptors (Lipinski definition) is 3. The second-order valence-corrected chi connectivity index (χ2v) is 5.31. The Hall–Kier alpha value is -1.97. The van der Waals surface area contributed by atoms with Crippen LogP contribution >= 0.6 is 0 Å². The van der Waals surface area contributed by atoms with E-state index in [1.807, 2.05) is 33.8 Å². The van der Waals surface area contributed by atoms with Crippen LogP contribution in [0.3, 0.4) is 0 Å². The van der Waals surface area contributed by atoms with Crippen LogP contribution in [0, 0.1) is 0 Å². The number of benzene rings is 1. The van der Waals surface area contributed by atoms with Crippen LogP contribution in [-0.2, 0) is 0 Å². The number of aromatic carboxylic acids is 1. The molecule has 0 amide bonds. The zero-order chi connectivity index (χ0) is 14.2. The molecule has 0 fully saturated rings. The van der Waals surface area contributed by atoms with Crippen molar-refractivity contribution in [2.45, 2.75) is 33.2 Å². The number of anilines is 1. The van der Waals surface area contributed by atoms with Crippen molar-refractivity contribution in [1.82, 2.24) is 0 Å². The fourth-order valence-corrected chi connectivity index (χ4v) is 2.46. The maximum absolute atomic E-state index is 11.4. The predicted molar refractivity (Wildman–Crippen MR) is 75.9 cm³/mol. The van der Waals surface area contributed by atoms with Gasteiger partial charge in [-0.3, -0.25) is 0 Å². The normalized spacial score (nSPS) is 16.1. The molecule has 1 aromatic carbocycles. The quantitative estimate of drug-likeness (QED) is 0.875. The van der Waals surface area contributed by atoms with Crippen LogP contribution in [0.5, 0.6) is 5.75 Å². The molecule has 1 aliphatic rings. The van der Waals surface area contributed by atoms with Crippen molar-refractivity contribution in [3.63, 3.8) is 0 Å². The monoisotopic (exact) mass is 261 g/mol. The predicted octanol–water partition coefficient (Wildman–Crippen LogP) is 3.39. The van der Waals surface area contributed by atoms with Gasteiger partial charge in [0.05, 0.1) is 23.4 Å². The zero-order valence-corrected chi connectivity index (χ0v) is 11.7. The summed E-state index contributed by atoms with van der Waals surface area (Å²) in [5, 5.41) is 12.6. The number of rotatable bonds is 3. The molecule has 0 saturated carbocycles. The Morgan fingerprint density at radius 2 is 2.11 bits per heavy atom. The number of fused-ring (bicyclic) bond motifs is 1.